The predicted octanol–water partition coefficient (Wildman–Crippen LogP) is 2.58. The number of nitrogens with one attached hydrogen (secondary N) is 1. The number of carbonyl (C=O) groups is 2. The molecule has 0 radical (unpaired) electrons. The van der Waals surface area contributed by atoms with Gasteiger partial charge >= 0.3 is 5.97 Å². The van der Waals surface area contributed by atoms with E-state index in [-0.39, 0.29) is 5.92 Å². The van der Waals surface area contributed by atoms with Gasteiger partial charge in [0.15, 0.2) is 0 Å². The van der Waals surface area contributed by atoms with Crippen molar-refractivity contribution in [2.24, 2.45) is 5.92 Å². The van der Waals surface area contributed by atoms with Gasteiger partial charge in [-0.25, -0.2) is 13.6 Å². The minimum Gasteiger partial charge on any atom is -0.480 e. The topological polar surface area (TPSA) is 66.4 Å². The van der Waals surface area contributed by atoms with Crippen LogP contribution in [0.2, 0.25) is 0 Å². The zero-order chi connectivity index (χ0) is 15.5. The van der Waals surface area contributed by atoms with E-state index >= 15 is 0 Å². The van der Waals surface area contributed by atoms with E-state index in [4.69, 9.17) is 0 Å². The molecule has 1 aromatic rings. The molecule has 0 aliphatic heterocycles. The summed E-state index contributed by atoms with van der Waals surface area (Å²) in [6.45, 7) is 4.79. The second-order valence-corrected chi connectivity index (χ2v) is 4.90. The molecule has 110 valence electrons. The highest BCUT2D eigenvalue weighted by molar-refractivity contribution is 5.98. The summed E-state index contributed by atoms with van der Waals surface area (Å²) in [7, 11) is 0. The van der Waals surface area contributed by atoms with Crippen LogP contribution in [0.1, 0.15) is 37.6 Å². The van der Waals surface area contributed by atoms with E-state index in [1.165, 1.54) is 6.92 Å². The molecule has 1 aromatic carbocycles. The maximum atomic E-state index is 13.5. The lowest BCUT2D eigenvalue weighted by molar-refractivity contribution is -0.146. The number of hydrogen-bond donors (Lipinski definition) is 2. The van der Waals surface area contributed by atoms with Gasteiger partial charge in [0.2, 0.25) is 0 Å². The quantitative estimate of drug-likeness (QED) is 0.873. The predicted molar refractivity (Wildman–Crippen MR) is 69.3 cm³/mol. The van der Waals surface area contributed by atoms with Crippen LogP contribution in [-0.4, -0.2) is 22.5 Å². The number of aliphatic carboxylic acids is 1. The third kappa shape index (κ3) is 3.12. The molecule has 20 heavy (non-hydrogen) atoms. The molecule has 0 bridgehead atoms. The van der Waals surface area contributed by atoms with Crippen molar-refractivity contribution in [1.82, 2.24) is 5.32 Å². The molecule has 2 N–H and O–H groups in total. The first-order valence-electron chi connectivity index (χ1n) is 6.23. The second-order valence-electron chi connectivity index (χ2n) is 4.90. The third-order valence-corrected chi connectivity index (χ3v) is 3.59. The Morgan fingerprint density at radius 2 is 2.00 bits per heavy atom. The summed E-state index contributed by atoms with van der Waals surface area (Å²) >= 11 is 0. The third-order valence-electron chi connectivity index (χ3n) is 3.59. The van der Waals surface area contributed by atoms with Crippen LogP contribution in [-0.2, 0) is 4.79 Å². The Morgan fingerprint density at radius 3 is 2.50 bits per heavy atom. The summed E-state index contributed by atoms with van der Waals surface area (Å²) in [5, 5.41) is 11.6. The maximum absolute atomic E-state index is 13.5. The van der Waals surface area contributed by atoms with Crippen LogP contribution in [0.3, 0.4) is 0 Å². The SMILES string of the molecule is CCC(C)C(C)(NC(=O)c1cc(F)ccc1F)C(=O)O. The van der Waals surface area contributed by atoms with Crippen LogP contribution in [0.4, 0.5) is 8.78 Å². The fourth-order valence-corrected chi connectivity index (χ4v) is 1.77. The molecule has 2 atom stereocenters. The first kappa shape index (κ1) is 16.1. The van der Waals surface area contributed by atoms with E-state index in [0.29, 0.717) is 6.42 Å². The summed E-state index contributed by atoms with van der Waals surface area (Å²) in [5.74, 6) is -4.22. The Morgan fingerprint density at radius 1 is 1.40 bits per heavy atom. The van der Waals surface area contributed by atoms with Crippen LogP contribution in [0.5, 0.6) is 0 Å². The number of benzene rings is 1. The molecule has 0 aliphatic rings. The molecule has 2 unspecified atom stereocenters. The number of carbonyl (C=O) groups excluding carboxylic acids is 1. The van der Waals surface area contributed by atoms with Crippen molar-refractivity contribution in [1.29, 1.82) is 0 Å². The normalized spacial score (nSPS) is 15.2. The zero-order valence-electron chi connectivity index (χ0n) is 11.5. The van der Waals surface area contributed by atoms with E-state index in [1.54, 1.807) is 13.8 Å². The maximum Gasteiger partial charge on any atom is 0.329 e. The Bertz CT molecular complexity index is 533. The van der Waals surface area contributed by atoms with Gasteiger partial charge in [-0.05, 0) is 31.0 Å². The Hall–Kier alpha value is -1.98. The van der Waals surface area contributed by atoms with Crippen LogP contribution < -0.4 is 5.32 Å². The first-order chi connectivity index (χ1) is 9.22. The van der Waals surface area contributed by atoms with Crippen LogP contribution >= 0.6 is 0 Å². The van der Waals surface area contributed by atoms with Crippen LogP contribution in [0.15, 0.2) is 18.2 Å². The summed E-state index contributed by atoms with van der Waals surface area (Å²) in [6.07, 6.45) is 0.509. The van der Waals surface area contributed by atoms with Crippen molar-refractivity contribution in [2.45, 2.75) is 32.7 Å². The number of halogens is 2. The van der Waals surface area contributed by atoms with Crippen molar-refractivity contribution >= 4 is 11.9 Å². The Labute approximate surface area is 115 Å². The second kappa shape index (κ2) is 5.98. The molecular formula is C14H17F2NO3. The summed E-state index contributed by atoms with van der Waals surface area (Å²) in [5.41, 5.74) is -2.06. The molecule has 0 aromatic heterocycles. The van der Waals surface area contributed by atoms with Gasteiger partial charge in [0.1, 0.15) is 17.2 Å². The van der Waals surface area contributed by atoms with Crippen molar-refractivity contribution < 1.29 is 23.5 Å². The number of hydrogen-bond acceptors (Lipinski definition) is 2. The Balaban J connectivity index is 3.09. The number of carboxylic acid groups (broad SMARTS) is 1. The van der Waals surface area contributed by atoms with E-state index in [2.05, 4.69) is 5.32 Å². The van der Waals surface area contributed by atoms with E-state index in [0.717, 1.165) is 18.2 Å². The molecule has 0 heterocycles. The molecule has 0 spiro atoms. The van der Waals surface area contributed by atoms with Gasteiger partial charge in [-0.1, -0.05) is 20.3 Å². The van der Waals surface area contributed by atoms with Gasteiger partial charge in [0.25, 0.3) is 5.91 Å². The fourth-order valence-electron chi connectivity index (χ4n) is 1.77. The van der Waals surface area contributed by atoms with Crippen LogP contribution in [0.25, 0.3) is 0 Å². The molecule has 0 aliphatic carbocycles. The highest BCUT2D eigenvalue weighted by Crippen LogP contribution is 2.22. The number of rotatable bonds is 5. The van der Waals surface area contributed by atoms with Gasteiger partial charge < -0.3 is 10.4 Å². The fraction of sp³-hybridized carbons (Fsp3) is 0.429. The van der Waals surface area contributed by atoms with Gasteiger partial charge in [-0.15, -0.1) is 0 Å². The number of carboxylic acids is 1. The van der Waals surface area contributed by atoms with Gasteiger partial charge in [0.05, 0.1) is 5.56 Å². The average molecular weight is 285 g/mol. The molecule has 1 amide bonds. The van der Waals surface area contributed by atoms with Gasteiger partial charge in [-0.3, -0.25) is 4.79 Å². The van der Waals surface area contributed by atoms with Crippen molar-refractivity contribution in [3.63, 3.8) is 0 Å². The monoisotopic (exact) mass is 285 g/mol. The highest BCUT2D eigenvalue weighted by atomic mass is 19.1. The molecule has 4 nitrogen and oxygen atoms in total. The molecule has 0 fully saturated rings. The Kier molecular flexibility index (Phi) is 4.81. The summed E-state index contributed by atoms with van der Waals surface area (Å²) in [6, 6.07) is 2.45. The average Bonchev–Trinajstić information content (AvgIpc) is 2.39. The van der Waals surface area contributed by atoms with Crippen molar-refractivity contribution in [3.8, 4) is 0 Å². The highest BCUT2D eigenvalue weighted by Gasteiger charge is 2.40. The lowest BCUT2D eigenvalue weighted by Gasteiger charge is -2.32. The lowest BCUT2D eigenvalue weighted by Crippen LogP contribution is -2.56. The smallest absolute Gasteiger partial charge is 0.329 e. The molecular weight excluding hydrogens is 268 g/mol. The number of amides is 1. The standard InChI is InChI=1S/C14H17F2NO3/c1-4-8(2)14(3,13(19)20)17-12(18)10-7-9(15)5-6-11(10)16/h5-8H,4H2,1-3H3,(H,17,18)(H,19,20). The summed E-state index contributed by atoms with van der Waals surface area (Å²) in [4.78, 5) is 23.3. The van der Waals surface area contributed by atoms with E-state index in [1.807, 2.05) is 0 Å². The van der Waals surface area contributed by atoms with Crippen LogP contribution in [0, 0.1) is 17.6 Å². The largest absolute Gasteiger partial charge is 0.480 e. The van der Waals surface area contributed by atoms with Crippen molar-refractivity contribution in [3.05, 3.63) is 35.4 Å². The van der Waals surface area contributed by atoms with Gasteiger partial charge in [0, 0.05) is 0 Å². The molecule has 1 rings (SSSR count). The summed E-state index contributed by atoms with van der Waals surface area (Å²) < 4.78 is 26.6. The first-order valence-corrected chi connectivity index (χ1v) is 6.23. The molecule has 0 saturated carbocycles. The molecule has 0 saturated heterocycles. The molecule has 6 heteroatoms. The minimum atomic E-state index is -1.55. The lowest BCUT2D eigenvalue weighted by atomic mass is 9.85. The minimum absolute atomic E-state index is 0.374. The van der Waals surface area contributed by atoms with E-state index < -0.39 is 34.6 Å². The van der Waals surface area contributed by atoms with Crippen molar-refractivity contribution in [2.75, 3.05) is 0 Å². The van der Waals surface area contributed by atoms with E-state index in [9.17, 15) is 23.5 Å². The zero-order valence-corrected chi connectivity index (χ0v) is 11.5. The van der Waals surface area contributed by atoms with Gasteiger partial charge in [-0.2, -0.15) is 0 Å².